The number of carbonyl (C=O) groups is 1. The molecule has 1 N–H and O–H groups in total. The maximum atomic E-state index is 12.5. The van der Waals surface area contributed by atoms with Crippen molar-refractivity contribution in [2.24, 2.45) is 0 Å². The first kappa shape index (κ1) is 11.1. The highest BCUT2D eigenvalue weighted by atomic mass is 19.3. The third-order valence-electron chi connectivity index (χ3n) is 1.86. The van der Waals surface area contributed by atoms with Gasteiger partial charge in [-0.2, -0.15) is 5.26 Å². The first-order valence-corrected chi connectivity index (χ1v) is 4.03. The number of hydrogen-bond acceptors (Lipinski definition) is 3. The summed E-state index contributed by atoms with van der Waals surface area (Å²) in [7, 11) is 0. The van der Waals surface area contributed by atoms with Gasteiger partial charge in [-0.3, -0.25) is 4.79 Å². The lowest BCUT2D eigenvalue weighted by Gasteiger charge is -2.08. The van der Waals surface area contributed by atoms with Crippen LogP contribution in [0.3, 0.4) is 0 Å². The van der Waals surface area contributed by atoms with Gasteiger partial charge in [0.1, 0.15) is 5.75 Å². The van der Waals surface area contributed by atoms with E-state index in [0.29, 0.717) is 0 Å². The molecule has 3 nitrogen and oxygen atoms in total. The first-order chi connectivity index (χ1) is 6.97. The summed E-state index contributed by atoms with van der Waals surface area (Å²) in [6.07, 6.45) is -2.90. The van der Waals surface area contributed by atoms with Crippen LogP contribution in [0.15, 0.2) is 12.1 Å². The monoisotopic (exact) mass is 211 g/mol. The molecule has 5 heteroatoms. The molecule has 0 aliphatic carbocycles. The van der Waals surface area contributed by atoms with E-state index < -0.39 is 29.1 Å². The SMILES string of the molecule is CC(=O)c1c(O)cc(C#N)cc1C(F)F. The number of nitrogens with zero attached hydrogens (tertiary/aromatic N) is 1. The average Bonchev–Trinajstić information content (AvgIpc) is 2.15. The van der Waals surface area contributed by atoms with Crippen LogP contribution in [0.2, 0.25) is 0 Å². The molecule has 0 amide bonds. The topological polar surface area (TPSA) is 61.1 Å². The molecule has 1 aromatic carbocycles. The molecule has 0 aliphatic heterocycles. The predicted octanol–water partition coefficient (Wildman–Crippen LogP) is 2.40. The van der Waals surface area contributed by atoms with Crippen LogP contribution in [0.25, 0.3) is 0 Å². The smallest absolute Gasteiger partial charge is 0.264 e. The Morgan fingerprint density at radius 1 is 1.53 bits per heavy atom. The highest BCUT2D eigenvalue weighted by Crippen LogP contribution is 2.31. The van der Waals surface area contributed by atoms with Gasteiger partial charge in [-0.15, -0.1) is 0 Å². The molecule has 0 saturated heterocycles. The number of rotatable bonds is 2. The van der Waals surface area contributed by atoms with Gasteiger partial charge in [0.05, 0.1) is 17.2 Å². The number of Topliss-reactive ketones (excluding diaryl/α,β-unsaturated/α-hetero) is 1. The minimum absolute atomic E-state index is 0.104. The third kappa shape index (κ3) is 2.10. The second-order valence-electron chi connectivity index (χ2n) is 2.93. The van der Waals surface area contributed by atoms with E-state index in [1.807, 2.05) is 0 Å². The molecular formula is C10H7F2NO2. The van der Waals surface area contributed by atoms with Crippen molar-refractivity contribution < 1.29 is 18.7 Å². The second-order valence-corrected chi connectivity index (χ2v) is 2.93. The highest BCUT2D eigenvalue weighted by Gasteiger charge is 2.20. The lowest BCUT2D eigenvalue weighted by molar-refractivity contribution is 0.0995. The lowest BCUT2D eigenvalue weighted by Crippen LogP contribution is -2.01. The number of benzene rings is 1. The summed E-state index contributed by atoms with van der Waals surface area (Å²) in [4.78, 5) is 11.0. The summed E-state index contributed by atoms with van der Waals surface area (Å²) in [5.41, 5.74) is -1.14. The van der Waals surface area contributed by atoms with Crippen LogP contribution in [0.5, 0.6) is 5.75 Å². The molecule has 0 heterocycles. The molecule has 0 unspecified atom stereocenters. The fourth-order valence-electron chi connectivity index (χ4n) is 1.27. The molecule has 0 fully saturated rings. The van der Waals surface area contributed by atoms with Gasteiger partial charge in [-0.25, -0.2) is 8.78 Å². The number of halogens is 2. The Bertz CT molecular complexity index is 449. The summed E-state index contributed by atoms with van der Waals surface area (Å²) < 4.78 is 25.0. The molecule has 1 aromatic rings. The fraction of sp³-hybridized carbons (Fsp3) is 0.200. The predicted molar refractivity (Wildman–Crippen MR) is 47.8 cm³/mol. The molecule has 0 aromatic heterocycles. The lowest BCUT2D eigenvalue weighted by atomic mass is 10.0. The van der Waals surface area contributed by atoms with Gasteiger partial charge in [-0.05, 0) is 19.1 Å². The Labute approximate surface area is 84.6 Å². The Kier molecular flexibility index (Phi) is 3.00. The number of aromatic hydroxyl groups is 1. The van der Waals surface area contributed by atoms with Crippen LogP contribution in [0, 0.1) is 11.3 Å². The molecule has 0 bridgehead atoms. The van der Waals surface area contributed by atoms with Crippen LogP contribution in [-0.4, -0.2) is 10.9 Å². The zero-order valence-electron chi connectivity index (χ0n) is 7.79. The van der Waals surface area contributed by atoms with Gasteiger partial charge in [-0.1, -0.05) is 0 Å². The van der Waals surface area contributed by atoms with Gasteiger partial charge < -0.3 is 5.11 Å². The molecule has 78 valence electrons. The Hall–Kier alpha value is -1.96. The van der Waals surface area contributed by atoms with Crippen molar-refractivity contribution in [2.75, 3.05) is 0 Å². The number of nitriles is 1. The van der Waals surface area contributed by atoms with E-state index in [1.165, 1.54) is 0 Å². The maximum absolute atomic E-state index is 12.5. The molecular weight excluding hydrogens is 204 g/mol. The molecule has 0 aliphatic rings. The van der Waals surface area contributed by atoms with Crippen molar-refractivity contribution in [3.63, 3.8) is 0 Å². The quantitative estimate of drug-likeness (QED) is 0.764. The number of alkyl halides is 2. The van der Waals surface area contributed by atoms with Crippen LogP contribution in [0.1, 0.15) is 34.8 Å². The number of phenols is 1. The molecule has 15 heavy (non-hydrogen) atoms. The number of hydrogen-bond donors (Lipinski definition) is 1. The van der Waals surface area contributed by atoms with E-state index in [2.05, 4.69) is 0 Å². The Morgan fingerprint density at radius 3 is 2.53 bits per heavy atom. The summed E-state index contributed by atoms with van der Waals surface area (Å²) >= 11 is 0. The fourth-order valence-corrected chi connectivity index (χ4v) is 1.27. The van der Waals surface area contributed by atoms with E-state index in [4.69, 9.17) is 5.26 Å². The van der Waals surface area contributed by atoms with Crippen molar-refractivity contribution in [3.8, 4) is 11.8 Å². The number of phenolic OH excluding ortho intramolecular Hbond substituents is 1. The first-order valence-electron chi connectivity index (χ1n) is 4.03. The van der Waals surface area contributed by atoms with Crippen LogP contribution < -0.4 is 0 Å². The minimum atomic E-state index is -2.90. The maximum Gasteiger partial charge on any atom is 0.264 e. The Morgan fingerprint density at radius 2 is 2.13 bits per heavy atom. The van der Waals surface area contributed by atoms with Gasteiger partial charge in [0.15, 0.2) is 5.78 Å². The van der Waals surface area contributed by atoms with E-state index in [1.54, 1.807) is 6.07 Å². The Balaban J connectivity index is 3.51. The molecule has 0 spiro atoms. The summed E-state index contributed by atoms with van der Waals surface area (Å²) in [6.45, 7) is 1.08. The highest BCUT2D eigenvalue weighted by molar-refractivity contribution is 5.98. The van der Waals surface area contributed by atoms with Crippen molar-refractivity contribution in [2.45, 2.75) is 13.3 Å². The second kappa shape index (κ2) is 4.05. The van der Waals surface area contributed by atoms with Crippen molar-refractivity contribution >= 4 is 5.78 Å². The normalized spacial score (nSPS) is 10.1. The summed E-state index contributed by atoms with van der Waals surface area (Å²) in [5, 5.41) is 17.8. The van der Waals surface area contributed by atoms with Crippen molar-refractivity contribution in [1.82, 2.24) is 0 Å². The van der Waals surface area contributed by atoms with Gasteiger partial charge in [0, 0.05) is 5.56 Å². The van der Waals surface area contributed by atoms with Gasteiger partial charge in [0.2, 0.25) is 0 Å². The van der Waals surface area contributed by atoms with E-state index >= 15 is 0 Å². The van der Waals surface area contributed by atoms with Crippen LogP contribution in [0.4, 0.5) is 8.78 Å². The largest absolute Gasteiger partial charge is 0.507 e. The zero-order chi connectivity index (χ0) is 11.6. The number of carbonyl (C=O) groups excluding carboxylic acids is 1. The molecule has 1 rings (SSSR count). The van der Waals surface area contributed by atoms with E-state index in [0.717, 1.165) is 19.1 Å². The standard InChI is InChI=1S/C10H7F2NO2/c1-5(14)9-7(10(11)12)2-6(4-13)3-8(9)15/h2-3,10,15H,1H3. The minimum Gasteiger partial charge on any atom is -0.507 e. The summed E-state index contributed by atoms with van der Waals surface area (Å²) in [5.74, 6) is -1.25. The number of ketones is 1. The molecule has 0 saturated carbocycles. The molecule has 0 atom stereocenters. The third-order valence-corrected chi connectivity index (χ3v) is 1.86. The molecule has 0 radical (unpaired) electrons. The zero-order valence-corrected chi connectivity index (χ0v) is 7.79. The van der Waals surface area contributed by atoms with E-state index in [-0.39, 0.29) is 5.56 Å². The average molecular weight is 211 g/mol. The van der Waals surface area contributed by atoms with Crippen molar-refractivity contribution in [1.29, 1.82) is 5.26 Å². The van der Waals surface area contributed by atoms with Crippen molar-refractivity contribution in [3.05, 3.63) is 28.8 Å². The van der Waals surface area contributed by atoms with Gasteiger partial charge >= 0.3 is 0 Å². The van der Waals surface area contributed by atoms with E-state index in [9.17, 15) is 18.7 Å². The van der Waals surface area contributed by atoms with Crippen LogP contribution in [-0.2, 0) is 0 Å². The summed E-state index contributed by atoms with van der Waals surface area (Å²) in [6, 6.07) is 3.52. The van der Waals surface area contributed by atoms with Gasteiger partial charge in [0.25, 0.3) is 6.43 Å². The van der Waals surface area contributed by atoms with Crippen LogP contribution >= 0.6 is 0 Å².